The van der Waals surface area contributed by atoms with Crippen LogP contribution in [0.3, 0.4) is 0 Å². The number of hydrogen-bond donors (Lipinski definition) is 0. The van der Waals surface area contributed by atoms with Gasteiger partial charge in [-0.15, -0.1) is 0 Å². The van der Waals surface area contributed by atoms with Gasteiger partial charge >= 0.3 is 0 Å². The highest BCUT2D eigenvalue weighted by molar-refractivity contribution is 8.18. The molecule has 168 valence electrons. The first-order valence-corrected chi connectivity index (χ1v) is 11.3. The summed E-state index contributed by atoms with van der Waals surface area (Å²) < 4.78 is 1.99. The van der Waals surface area contributed by atoms with Crippen molar-refractivity contribution in [1.29, 1.82) is 0 Å². The summed E-state index contributed by atoms with van der Waals surface area (Å²) in [5.41, 5.74) is 4.98. The highest BCUT2D eigenvalue weighted by atomic mass is 35.5. The van der Waals surface area contributed by atoms with Gasteiger partial charge in [0.05, 0.1) is 16.4 Å². The molecule has 1 aromatic heterocycles. The van der Waals surface area contributed by atoms with E-state index in [0.29, 0.717) is 9.93 Å². The summed E-state index contributed by atoms with van der Waals surface area (Å²) in [5, 5.41) is 11.3. The predicted molar refractivity (Wildman–Crippen MR) is 130 cm³/mol. The molecule has 1 fully saturated rings. The van der Waals surface area contributed by atoms with E-state index in [0.717, 1.165) is 45.5 Å². The minimum absolute atomic E-state index is 0.0345. The van der Waals surface area contributed by atoms with Crippen LogP contribution in [0.2, 0.25) is 5.02 Å². The Kier molecular flexibility index (Phi) is 6.14. The van der Waals surface area contributed by atoms with Crippen LogP contribution in [0.4, 0.5) is 10.5 Å². The molecule has 0 aliphatic carbocycles. The summed E-state index contributed by atoms with van der Waals surface area (Å²) in [7, 11) is 0. The topological polar surface area (TPSA) is 85.4 Å². The molecule has 3 aromatic rings. The van der Waals surface area contributed by atoms with Crippen LogP contribution in [0.5, 0.6) is 0 Å². The Balaban J connectivity index is 1.65. The molecule has 0 spiro atoms. The number of aromatic nitrogens is 1. The predicted octanol–water partition coefficient (Wildman–Crippen LogP) is 6.20. The van der Waals surface area contributed by atoms with E-state index in [1.54, 1.807) is 30.3 Å². The van der Waals surface area contributed by atoms with Gasteiger partial charge in [0.2, 0.25) is 0 Å². The summed E-state index contributed by atoms with van der Waals surface area (Å²) in [4.78, 5) is 37.7. The molecule has 33 heavy (non-hydrogen) atoms. The van der Waals surface area contributed by atoms with E-state index < -0.39 is 4.92 Å². The molecule has 1 aliphatic heterocycles. The first-order valence-electron chi connectivity index (χ1n) is 10.1. The van der Waals surface area contributed by atoms with Crippen molar-refractivity contribution in [2.45, 2.75) is 27.3 Å². The second-order valence-electron chi connectivity index (χ2n) is 7.79. The average molecular weight is 482 g/mol. The summed E-state index contributed by atoms with van der Waals surface area (Å²) in [6.45, 7) is 5.82. The minimum atomic E-state index is -0.420. The zero-order chi connectivity index (χ0) is 23.9. The number of halogens is 1. The van der Waals surface area contributed by atoms with Crippen LogP contribution < -0.4 is 0 Å². The van der Waals surface area contributed by atoms with Crippen molar-refractivity contribution in [3.63, 3.8) is 0 Å². The molecule has 0 atom stereocenters. The van der Waals surface area contributed by atoms with Crippen molar-refractivity contribution in [3.8, 4) is 5.69 Å². The normalized spacial score (nSPS) is 15.0. The van der Waals surface area contributed by atoms with Gasteiger partial charge in [-0.25, -0.2) is 0 Å². The second kappa shape index (κ2) is 8.88. The maximum atomic E-state index is 13.0. The van der Waals surface area contributed by atoms with E-state index in [-0.39, 0.29) is 23.4 Å². The molecule has 0 saturated carbocycles. The van der Waals surface area contributed by atoms with Crippen molar-refractivity contribution in [2.75, 3.05) is 0 Å². The quantitative estimate of drug-likeness (QED) is 0.246. The fraction of sp³-hybridized carbons (Fsp3) is 0.167. The molecule has 2 heterocycles. The molecule has 7 nitrogen and oxygen atoms in total. The first kappa shape index (κ1) is 22.8. The third-order valence-corrected chi connectivity index (χ3v) is 6.63. The SMILES string of the molecule is Cc1cc([N+](=O)[O-])ccc1-n1c(C)cc(/C=C2\SC(=O)N(Cc3cccc(Cl)c3)C2=O)c1C. The number of benzene rings is 2. The molecule has 0 radical (unpaired) electrons. The number of imide groups is 1. The Labute approximate surface area is 199 Å². The third kappa shape index (κ3) is 4.44. The molecule has 9 heteroatoms. The third-order valence-electron chi connectivity index (χ3n) is 5.49. The number of nitro benzene ring substituents is 1. The smallest absolute Gasteiger partial charge is 0.293 e. The van der Waals surface area contributed by atoms with Crippen molar-refractivity contribution in [1.82, 2.24) is 9.47 Å². The number of nitrogens with zero attached hydrogens (tertiary/aromatic N) is 3. The van der Waals surface area contributed by atoms with Crippen LogP contribution in [0.25, 0.3) is 11.8 Å². The maximum absolute atomic E-state index is 13.0. The van der Waals surface area contributed by atoms with Crippen molar-refractivity contribution in [2.24, 2.45) is 0 Å². The lowest BCUT2D eigenvalue weighted by atomic mass is 10.1. The molecular weight excluding hydrogens is 462 g/mol. The lowest BCUT2D eigenvalue weighted by molar-refractivity contribution is -0.384. The molecule has 0 unspecified atom stereocenters. The maximum Gasteiger partial charge on any atom is 0.293 e. The fourth-order valence-electron chi connectivity index (χ4n) is 3.90. The van der Waals surface area contributed by atoms with Gasteiger partial charge < -0.3 is 4.57 Å². The van der Waals surface area contributed by atoms with Gasteiger partial charge in [0.15, 0.2) is 0 Å². The lowest BCUT2D eigenvalue weighted by Gasteiger charge is -2.13. The van der Waals surface area contributed by atoms with Gasteiger partial charge in [-0.1, -0.05) is 23.7 Å². The van der Waals surface area contributed by atoms with Gasteiger partial charge in [0, 0.05) is 34.2 Å². The standard InChI is InChI=1S/C24H20ClN3O4S/c1-14-9-20(28(31)32)7-8-21(14)27-15(2)10-18(16(27)3)12-22-23(29)26(24(30)33-22)13-17-5-4-6-19(25)11-17/h4-12H,13H2,1-3H3/b22-12-. The van der Waals surface area contributed by atoms with Crippen LogP contribution in [0.1, 0.15) is 28.1 Å². The van der Waals surface area contributed by atoms with Gasteiger partial charge in [-0.3, -0.25) is 24.6 Å². The summed E-state index contributed by atoms with van der Waals surface area (Å²) in [6.07, 6.45) is 1.72. The Hall–Kier alpha value is -3.36. The minimum Gasteiger partial charge on any atom is -0.318 e. The first-order chi connectivity index (χ1) is 15.7. The number of non-ortho nitro benzene ring substituents is 1. The van der Waals surface area contributed by atoms with Crippen LogP contribution in [-0.4, -0.2) is 25.5 Å². The number of aryl methyl sites for hydroxylation is 2. The molecule has 1 saturated heterocycles. The Morgan fingerprint density at radius 1 is 1.09 bits per heavy atom. The Morgan fingerprint density at radius 3 is 2.52 bits per heavy atom. The monoisotopic (exact) mass is 481 g/mol. The van der Waals surface area contributed by atoms with Crippen LogP contribution in [0, 0.1) is 30.9 Å². The summed E-state index contributed by atoms with van der Waals surface area (Å²) >= 11 is 6.93. The Bertz CT molecular complexity index is 1350. The molecule has 2 aromatic carbocycles. The van der Waals surface area contributed by atoms with Crippen LogP contribution in [-0.2, 0) is 11.3 Å². The van der Waals surface area contributed by atoms with E-state index in [9.17, 15) is 19.7 Å². The van der Waals surface area contributed by atoms with E-state index in [4.69, 9.17) is 11.6 Å². The highest BCUT2D eigenvalue weighted by Crippen LogP contribution is 2.35. The van der Waals surface area contributed by atoms with E-state index in [2.05, 4.69) is 0 Å². The number of carbonyl (C=O) groups excluding carboxylic acids is 2. The number of amides is 2. The molecule has 2 amide bonds. The molecule has 0 bridgehead atoms. The average Bonchev–Trinajstić information content (AvgIpc) is 3.17. The number of nitro groups is 1. The summed E-state index contributed by atoms with van der Waals surface area (Å²) in [5.74, 6) is -0.346. The van der Waals surface area contributed by atoms with Gasteiger partial charge in [-0.05, 0) is 79.6 Å². The highest BCUT2D eigenvalue weighted by Gasteiger charge is 2.35. The fourth-order valence-corrected chi connectivity index (χ4v) is 4.95. The molecule has 1 aliphatic rings. The lowest BCUT2D eigenvalue weighted by Crippen LogP contribution is -2.27. The van der Waals surface area contributed by atoms with Gasteiger partial charge in [0.25, 0.3) is 16.8 Å². The number of carbonyl (C=O) groups is 2. The van der Waals surface area contributed by atoms with Crippen molar-refractivity contribution >= 4 is 46.3 Å². The van der Waals surface area contributed by atoms with Crippen molar-refractivity contribution < 1.29 is 14.5 Å². The number of rotatable bonds is 5. The summed E-state index contributed by atoms with van der Waals surface area (Å²) in [6, 6.07) is 13.7. The van der Waals surface area contributed by atoms with Crippen LogP contribution >= 0.6 is 23.4 Å². The molecule has 0 N–H and O–H groups in total. The molecule has 4 rings (SSSR count). The largest absolute Gasteiger partial charge is 0.318 e. The van der Waals surface area contributed by atoms with E-state index in [1.165, 1.54) is 17.0 Å². The van der Waals surface area contributed by atoms with Crippen molar-refractivity contribution in [3.05, 3.63) is 96.7 Å². The number of hydrogen-bond acceptors (Lipinski definition) is 5. The zero-order valence-corrected chi connectivity index (χ0v) is 19.7. The number of thioether (sulfide) groups is 1. The zero-order valence-electron chi connectivity index (χ0n) is 18.2. The van der Waals surface area contributed by atoms with Gasteiger partial charge in [-0.2, -0.15) is 0 Å². The van der Waals surface area contributed by atoms with Gasteiger partial charge in [0.1, 0.15) is 0 Å². The van der Waals surface area contributed by atoms with E-state index in [1.807, 2.05) is 37.5 Å². The molecular formula is C24H20ClN3O4S. The second-order valence-corrected chi connectivity index (χ2v) is 9.22. The van der Waals surface area contributed by atoms with E-state index >= 15 is 0 Å². The van der Waals surface area contributed by atoms with Crippen LogP contribution in [0.15, 0.2) is 53.4 Å². The Morgan fingerprint density at radius 2 is 1.85 bits per heavy atom.